The SMILES string of the molecule is CCn1c2ccccc2c2cc(/C=C/C(=O)/C=C/c3ccc(O)c(OC)c3)ccc21. The molecule has 0 saturated heterocycles. The lowest BCUT2D eigenvalue weighted by Gasteiger charge is -2.03. The van der Waals surface area contributed by atoms with Crippen molar-refractivity contribution >= 4 is 39.7 Å². The molecule has 0 spiro atoms. The molecule has 150 valence electrons. The number of aryl methyl sites for hydroxylation is 1. The van der Waals surface area contributed by atoms with Crippen LogP contribution in [-0.2, 0) is 11.3 Å². The van der Waals surface area contributed by atoms with Gasteiger partial charge >= 0.3 is 0 Å². The molecule has 3 aromatic carbocycles. The van der Waals surface area contributed by atoms with Gasteiger partial charge in [0.05, 0.1) is 7.11 Å². The van der Waals surface area contributed by atoms with Crippen LogP contribution in [0.25, 0.3) is 34.0 Å². The summed E-state index contributed by atoms with van der Waals surface area (Å²) in [5, 5.41) is 12.1. The highest BCUT2D eigenvalue weighted by Gasteiger charge is 2.09. The second-order valence-electron chi connectivity index (χ2n) is 7.04. The predicted molar refractivity (Wildman–Crippen MR) is 123 cm³/mol. The second-order valence-corrected chi connectivity index (χ2v) is 7.04. The van der Waals surface area contributed by atoms with E-state index in [4.69, 9.17) is 4.74 Å². The van der Waals surface area contributed by atoms with E-state index in [0.717, 1.165) is 17.7 Å². The summed E-state index contributed by atoms with van der Waals surface area (Å²) in [5.41, 5.74) is 4.18. The highest BCUT2D eigenvalue weighted by molar-refractivity contribution is 6.09. The quantitative estimate of drug-likeness (QED) is 0.417. The van der Waals surface area contributed by atoms with E-state index in [9.17, 15) is 9.90 Å². The number of para-hydroxylation sites is 1. The van der Waals surface area contributed by atoms with Gasteiger partial charge in [-0.15, -0.1) is 0 Å². The Morgan fingerprint density at radius 3 is 2.33 bits per heavy atom. The van der Waals surface area contributed by atoms with E-state index in [1.54, 1.807) is 30.4 Å². The number of benzene rings is 3. The normalized spacial score (nSPS) is 11.8. The number of carbonyl (C=O) groups excluding carboxylic acids is 1. The molecule has 1 heterocycles. The fourth-order valence-electron chi connectivity index (χ4n) is 3.73. The third-order valence-electron chi connectivity index (χ3n) is 5.20. The van der Waals surface area contributed by atoms with Gasteiger partial charge in [-0.1, -0.05) is 42.5 Å². The Bertz CT molecular complexity index is 1290. The summed E-state index contributed by atoms with van der Waals surface area (Å²) in [5.74, 6) is 0.332. The number of hydrogen-bond acceptors (Lipinski definition) is 3. The molecule has 4 heteroatoms. The van der Waals surface area contributed by atoms with E-state index in [-0.39, 0.29) is 11.5 Å². The molecule has 4 aromatic rings. The molecular weight excluding hydrogens is 374 g/mol. The Morgan fingerprint density at radius 1 is 0.933 bits per heavy atom. The Kier molecular flexibility index (Phi) is 5.40. The minimum Gasteiger partial charge on any atom is -0.504 e. The van der Waals surface area contributed by atoms with Crippen molar-refractivity contribution in [3.63, 3.8) is 0 Å². The number of phenols is 1. The van der Waals surface area contributed by atoms with Crippen LogP contribution in [0.1, 0.15) is 18.1 Å². The van der Waals surface area contributed by atoms with Crippen LogP contribution in [0.15, 0.2) is 72.8 Å². The number of hydrogen-bond donors (Lipinski definition) is 1. The van der Waals surface area contributed by atoms with Gasteiger partial charge in [-0.05, 0) is 60.5 Å². The maximum atomic E-state index is 12.3. The van der Waals surface area contributed by atoms with Gasteiger partial charge in [0.1, 0.15) is 0 Å². The number of ketones is 1. The maximum Gasteiger partial charge on any atom is 0.178 e. The first kappa shape index (κ1) is 19.5. The molecular formula is C26H23NO3. The van der Waals surface area contributed by atoms with Crippen LogP contribution in [0.3, 0.4) is 0 Å². The average Bonchev–Trinajstić information content (AvgIpc) is 3.10. The smallest absolute Gasteiger partial charge is 0.178 e. The summed E-state index contributed by atoms with van der Waals surface area (Å²) in [6.07, 6.45) is 6.60. The number of nitrogens with zero attached hydrogens (tertiary/aromatic N) is 1. The van der Waals surface area contributed by atoms with Crippen molar-refractivity contribution in [2.75, 3.05) is 7.11 Å². The molecule has 0 atom stereocenters. The van der Waals surface area contributed by atoms with Crippen molar-refractivity contribution < 1.29 is 14.6 Å². The Labute approximate surface area is 175 Å². The van der Waals surface area contributed by atoms with E-state index in [1.165, 1.54) is 35.0 Å². The van der Waals surface area contributed by atoms with Crippen LogP contribution in [0.5, 0.6) is 11.5 Å². The monoisotopic (exact) mass is 397 g/mol. The number of fused-ring (bicyclic) bond motifs is 3. The largest absolute Gasteiger partial charge is 0.504 e. The van der Waals surface area contributed by atoms with Crippen molar-refractivity contribution in [3.8, 4) is 11.5 Å². The molecule has 0 amide bonds. The van der Waals surface area contributed by atoms with Crippen LogP contribution in [-0.4, -0.2) is 22.6 Å². The van der Waals surface area contributed by atoms with Gasteiger partial charge in [-0.3, -0.25) is 4.79 Å². The Balaban J connectivity index is 1.58. The lowest BCUT2D eigenvalue weighted by Crippen LogP contribution is -1.92. The number of ether oxygens (including phenoxy) is 1. The lowest BCUT2D eigenvalue weighted by molar-refractivity contribution is -0.110. The molecule has 0 aliphatic rings. The third kappa shape index (κ3) is 3.72. The zero-order chi connectivity index (χ0) is 21.1. The second kappa shape index (κ2) is 8.29. The molecule has 0 aliphatic carbocycles. The number of aromatic nitrogens is 1. The van der Waals surface area contributed by atoms with Gasteiger partial charge in [0.2, 0.25) is 0 Å². The first-order chi connectivity index (χ1) is 14.6. The zero-order valence-corrected chi connectivity index (χ0v) is 17.0. The maximum absolute atomic E-state index is 12.3. The first-order valence-electron chi connectivity index (χ1n) is 9.89. The number of allylic oxidation sites excluding steroid dienone is 2. The number of aromatic hydroxyl groups is 1. The van der Waals surface area contributed by atoms with Crippen molar-refractivity contribution in [2.24, 2.45) is 0 Å². The van der Waals surface area contributed by atoms with Gasteiger partial charge in [0.15, 0.2) is 17.3 Å². The first-order valence-corrected chi connectivity index (χ1v) is 9.89. The average molecular weight is 397 g/mol. The molecule has 1 aromatic heterocycles. The van der Waals surface area contributed by atoms with E-state index in [2.05, 4.69) is 47.9 Å². The van der Waals surface area contributed by atoms with E-state index >= 15 is 0 Å². The zero-order valence-electron chi connectivity index (χ0n) is 17.0. The molecule has 4 nitrogen and oxygen atoms in total. The van der Waals surface area contributed by atoms with Gasteiger partial charge < -0.3 is 14.4 Å². The van der Waals surface area contributed by atoms with E-state index in [1.807, 2.05) is 12.1 Å². The minimum atomic E-state index is -0.113. The van der Waals surface area contributed by atoms with Crippen molar-refractivity contribution in [2.45, 2.75) is 13.5 Å². The highest BCUT2D eigenvalue weighted by atomic mass is 16.5. The number of carbonyl (C=O) groups is 1. The minimum absolute atomic E-state index is 0.0701. The fourth-order valence-corrected chi connectivity index (χ4v) is 3.73. The number of phenolic OH excluding ortho intramolecular Hbond substituents is 1. The summed E-state index contributed by atoms with van der Waals surface area (Å²) in [6, 6.07) is 19.6. The fraction of sp³-hybridized carbons (Fsp3) is 0.115. The van der Waals surface area contributed by atoms with Gasteiger partial charge in [-0.2, -0.15) is 0 Å². The van der Waals surface area contributed by atoms with Crippen molar-refractivity contribution in [1.29, 1.82) is 0 Å². The summed E-state index contributed by atoms with van der Waals surface area (Å²) in [4.78, 5) is 12.3. The van der Waals surface area contributed by atoms with Crippen molar-refractivity contribution in [3.05, 3.63) is 83.9 Å². The van der Waals surface area contributed by atoms with Crippen LogP contribution in [0.2, 0.25) is 0 Å². The summed E-state index contributed by atoms with van der Waals surface area (Å²) >= 11 is 0. The molecule has 0 radical (unpaired) electrons. The Hall–Kier alpha value is -3.79. The number of methoxy groups -OCH3 is 1. The van der Waals surface area contributed by atoms with E-state index < -0.39 is 0 Å². The molecule has 0 bridgehead atoms. The van der Waals surface area contributed by atoms with Gasteiger partial charge in [0, 0.05) is 28.4 Å². The lowest BCUT2D eigenvalue weighted by atomic mass is 10.1. The molecule has 0 fully saturated rings. The summed E-state index contributed by atoms with van der Waals surface area (Å²) < 4.78 is 7.39. The molecule has 4 rings (SSSR count). The topological polar surface area (TPSA) is 51.5 Å². The van der Waals surface area contributed by atoms with Crippen molar-refractivity contribution in [1.82, 2.24) is 4.57 Å². The standard InChI is InChI=1S/C26H23NO3/c1-3-27-23-7-5-4-6-21(23)22-16-18(10-14-24(22)27)8-12-20(28)13-9-19-11-15-25(29)26(17-19)30-2/h4-17,29H,3H2,1-2H3/b12-8+,13-9+. The molecule has 0 unspecified atom stereocenters. The van der Waals surface area contributed by atoms with Crippen LogP contribution >= 0.6 is 0 Å². The van der Waals surface area contributed by atoms with E-state index in [0.29, 0.717) is 5.75 Å². The Morgan fingerprint density at radius 2 is 1.60 bits per heavy atom. The predicted octanol–water partition coefficient (Wildman–Crippen LogP) is 5.82. The summed E-state index contributed by atoms with van der Waals surface area (Å²) in [6.45, 7) is 3.05. The molecule has 30 heavy (non-hydrogen) atoms. The molecule has 0 aliphatic heterocycles. The molecule has 0 saturated carbocycles. The molecule has 1 N–H and O–H groups in total. The van der Waals surface area contributed by atoms with Crippen LogP contribution in [0, 0.1) is 0 Å². The van der Waals surface area contributed by atoms with Crippen LogP contribution < -0.4 is 4.74 Å². The summed E-state index contributed by atoms with van der Waals surface area (Å²) in [7, 11) is 1.49. The van der Waals surface area contributed by atoms with Gasteiger partial charge in [-0.25, -0.2) is 0 Å². The third-order valence-corrected chi connectivity index (χ3v) is 5.20. The highest BCUT2D eigenvalue weighted by Crippen LogP contribution is 2.30. The van der Waals surface area contributed by atoms with Crippen LogP contribution in [0.4, 0.5) is 0 Å². The number of rotatable bonds is 6. The van der Waals surface area contributed by atoms with Gasteiger partial charge in [0.25, 0.3) is 0 Å².